The fourth-order valence-electron chi connectivity index (χ4n) is 10.5. The van der Waals surface area contributed by atoms with E-state index in [-0.39, 0.29) is 33.4 Å². The molecule has 0 fully saturated rings. The van der Waals surface area contributed by atoms with Gasteiger partial charge in [0.05, 0.1) is 0 Å². The summed E-state index contributed by atoms with van der Waals surface area (Å²) in [5.41, 5.74) is 9.25. The van der Waals surface area contributed by atoms with Gasteiger partial charge in [-0.25, -0.2) is 0 Å². The third-order valence-corrected chi connectivity index (χ3v) is 14.8. The van der Waals surface area contributed by atoms with Crippen LogP contribution < -0.4 is 4.74 Å². The van der Waals surface area contributed by atoms with Crippen molar-refractivity contribution < 1.29 is 37.8 Å². The van der Waals surface area contributed by atoms with E-state index in [0.717, 1.165) is 66.1 Å². The van der Waals surface area contributed by atoms with Gasteiger partial charge in [0.15, 0.2) is 0 Å². The Labute approximate surface area is 449 Å². The molecule has 0 amide bonds. The van der Waals surface area contributed by atoms with Gasteiger partial charge in [0.25, 0.3) is 0 Å². The summed E-state index contributed by atoms with van der Waals surface area (Å²) in [6, 6.07) is 44.2. The molecule has 4 aromatic heterocycles. The summed E-state index contributed by atoms with van der Waals surface area (Å²) in [6.45, 7) is 10.6. The number of pyridine rings is 1. The van der Waals surface area contributed by atoms with Crippen molar-refractivity contribution in [1.29, 1.82) is 0 Å². The molecule has 0 unspecified atom stereocenters. The van der Waals surface area contributed by atoms with Crippen molar-refractivity contribution in [3.63, 3.8) is 0 Å². The molecule has 7 heteroatoms. The van der Waals surface area contributed by atoms with E-state index in [2.05, 4.69) is 79.6 Å². The molecule has 356 valence electrons. The van der Waals surface area contributed by atoms with E-state index < -0.39 is 60.4 Å². The molecule has 73 heavy (non-hydrogen) atoms. The standard InChI is InChI=1S/C66H51N5O.Pt/c1-43-19-16-28-54-55-29-17-20-44(2)64(55)70(63(43)54)49-39-56(45-21-8-6-9-22-45)65(57(40-49)46-23-10-7-11-24-46)69-42-68(59-31-14-15-32-60(59)69)48-25-18-26-50(38-48)72-51-33-34-53-52-27-12-13-30-58(52)71(61(53)41-51)62-37-47(35-36-67-62)66(3,4)5;/h6-41H,1-5H3;/i6D,7D,8D,9D,10D,11D,21D,22D,23D,24D;. The van der Waals surface area contributed by atoms with Crippen LogP contribution in [0.5, 0.6) is 11.5 Å². The normalized spacial score (nSPS) is 13.9. The van der Waals surface area contributed by atoms with E-state index in [0.29, 0.717) is 37.7 Å². The number of benzene rings is 9. The van der Waals surface area contributed by atoms with Crippen LogP contribution in [0.3, 0.4) is 0 Å². The minimum atomic E-state index is -0.577. The molecule has 0 aliphatic carbocycles. The van der Waals surface area contributed by atoms with Crippen LogP contribution in [0.1, 0.15) is 51.2 Å². The Kier molecular flexibility index (Phi) is 8.36. The van der Waals surface area contributed by atoms with E-state index in [1.54, 1.807) is 12.1 Å². The Balaban J connectivity index is 1.08. The second-order valence-electron chi connectivity index (χ2n) is 19.4. The van der Waals surface area contributed by atoms with Gasteiger partial charge in [0.2, 0.25) is 0 Å². The quantitative estimate of drug-likeness (QED) is 0.152. The van der Waals surface area contributed by atoms with Gasteiger partial charge < -0.3 is 0 Å². The molecule has 13 aromatic rings. The van der Waals surface area contributed by atoms with Crippen molar-refractivity contribution in [2.24, 2.45) is 0 Å². The summed E-state index contributed by atoms with van der Waals surface area (Å²) in [6.07, 6.45) is 1.86. The number of para-hydroxylation sites is 5. The molecule has 0 spiro atoms. The van der Waals surface area contributed by atoms with Gasteiger partial charge in [0.1, 0.15) is 0 Å². The van der Waals surface area contributed by atoms with Gasteiger partial charge >= 0.3 is 395 Å². The van der Waals surface area contributed by atoms with E-state index in [1.165, 1.54) is 0 Å². The molecular weight excluding hydrogens is 1070 g/mol. The molecule has 13 rings (SSSR count). The Hall–Kier alpha value is -8.31. The Morgan fingerprint density at radius 1 is 0.479 bits per heavy atom. The number of nitrogens with zero attached hydrogens (tertiary/aromatic N) is 5. The van der Waals surface area contributed by atoms with Crippen molar-refractivity contribution in [3.8, 4) is 56.6 Å². The predicted octanol–water partition coefficient (Wildman–Crippen LogP) is 17.1. The van der Waals surface area contributed by atoms with E-state index in [1.807, 2.05) is 138 Å². The van der Waals surface area contributed by atoms with Crippen LogP contribution in [-0.2, 0) is 24.8 Å². The maximum atomic E-state index is 9.62. The monoisotopic (exact) mass is 1130 g/mol. The van der Waals surface area contributed by atoms with Crippen LogP contribution in [0.4, 0.5) is 0 Å². The maximum absolute atomic E-state index is 9.62. The number of aryl methyl sites for hydroxylation is 2. The van der Waals surface area contributed by atoms with E-state index in [4.69, 9.17) is 17.9 Å². The SMILES string of the molecule is [2H]c1c([2H])c([2H])c(-c2cc(-n3c4c(C)cccc4c4cccc(C)c43)cc(-c3c([2H])c([2H])c([2H])c([2H])c3[2H])c2-n2[c](=[Pt])n(-c3cccc(Oc4ccc5c6ccccc6n(-c6cc(C(C)(C)C)ccn6)c5c4)c3)c3ccccc32)c([2H])c1[2H]. The predicted molar refractivity (Wildman–Crippen MR) is 298 cm³/mol. The number of aromatic nitrogens is 5. The zero-order chi connectivity index (χ0) is 58.2. The number of ether oxygens (including phenoxy) is 1. The fraction of sp³-hybridized carbons (Fsp3) is 0.0909. The first kappa shape index (κ1) is 34.9. The average molecular weight is 1140 g/mol. The first-order valence-corrected chi connectivity index (χ1v) is 25.2. The Morgan fingerprint density at radius 2 is 1.04 bits per heavy atom. The molecule has 6 nitrogen and oxygen atoms in total. The molecular formula is C66H51N5OPt. The number of hydrogen-bond acceptors (Lipinski definition) is 2. The third-order valence-electron chi connectivity index (χ3n) is 13.8. The topological polar surface area (TPSA) is 41.8 Å². The molecule has 4 heterocycles. The fourth-order valence-corrected chi connectivity index (χ4v) is 11.6. The summed E-state index contributed by atoms with van der Waals surface area (Å²) >= 11 is 2.21. The molecule has 0 radical (unpaired) electrons. The first-order valence-electron chi connectivity index (χ1n) is 29.0. The molecule has 0 N–H and O–H groups in total. The van der Waals surface area contributed by atoms with Crippen LogP contribution >= 0.6 is 0 Å². The third kappa shape index (κ3) is 7.42. The van der Waals surface area contributed by atoms with Gasteiger partial charge in [-0.1, -0.05) is 32.9 Å². The van der Waals surface area contributed by atoms with Gasteiger partial charge in [0, 0.05) is 6.20 Å². The van der Waals surface area contributed by atoms with Crippen LogP contribution in [0.2, 0.25) is 0 Å². The van der Waals surface area contributed by atoms with Gasteiger partial charge in [-0.3, -0.25) is 0 Å². The summed E-state index contributed by atoms with van der Waals surface area (Å²) in [5, 5.41) is 4.02. The van der Waals surface area contributed by atoms with Crippen LogP contribution in [0.25, 0.3) is 99.8 Å². The minimum absolute atomic E-state index is 0.102. The molecule has 0 saturated carbocycles. The molecule has 0 aliphatic rings. The molecule has 0 saturated heterocycles. The number of rotatable bonds is 8. The van der Waals surface area contributed by atoms with Crippen molar-refractivity contribution in [2.75, 3.05) is 0 Å². The zero-order valence-electron chi connectivity index (χ0n) is 50.5. The summed E-state index contributed by atoms with van der Waals surface area (Å²) in [4.78, 5) is 4.87. The average Bonchev–Trinajstić information content (AvgIpc) is 4.14. The van der Waals surface area contributed by atoms with Gasteiger partial charge in [-0.2, -0.15) is 0 Å². The van der Waals surface area contributed by atoms with E-state index in [9.17, 15) is 5.48 Å². The summed E-state index contributed by atoms with van der Waals surface area (Å²) < 4.78 is 108. The second-order valence-corrected chi connectivity index (χ2v) is 20.4. The molecule has 0 aliphatic heterocycles. The van der Waals surface area contributed by atoms with Crippen molar-refractivity contribution in [2.45, 2.75) is 40.0 Å². The number of imidazole rings is 1. The molecule has 9 aromatic carbocycles. The Morgan fingerprint density at radius 3 is 1.68 bits per heavy atom. The van der Waals surface area contributed by atoms with Crippen LogP contribution in [0.15, 0.2) is 218 Å². The first-order chi connectivity index (χ1) is 39.7. The molecule has 0 bridgehead atoms. The van der Waals surface area contributed by atoms with Gasteiger partial charge in [-0.05, 0) is 17.0 Å². The number of hydrogen-bond donors (Lipinski definition) is 0. The van der Waals surface area contributed by atoms with Crippen molar-refractivity contribution >= 4 is 54.6 Å². The molecule has 0 atom stereocenters. The van der Waals surface area contributed by atoms with Crippen molar-refractivity contribution in [3.05, 3.63) is 239 Å². The van der Waals surface area contributed by atoms with E-state index >= 15 is 0 Å². The number of fused-ring (bicyclic) bond motifs is 7. The van der Waals surface area contributed by atoms with Crippen molar-refractivity contribution in [1.82, 2.24) is 23.3 Å². The summed E-state index contributed by atoms with van der Waals surface area (Å²) in [7, 11) is 0. The van der Waals surface area contributed by atoms with Crippen LogP contribution in [-0.4, -0.2) is 23.3 Å². The summed E-state index contributed by atoms with van der Waals surface area (Å²) in [5.74, 6) is 1.91. The second kappa shape index (κ2) is 17.5. The van der Waals surface area contributed by atoms with Gasteiger partial charge in [-0.15, -0.1) is 0 Å². The Bertz CT molecular complexity index is 4800. The zero-order valence-corrected chi connectivity index (χ0v) is 42.7. The van der Waals surface area contributed by atoms with Crippen LogP contribution in [0, 0.1) is 17.7 Å².